The second-order valence-electron chi connectivity index (χ2n) is 5.11. The molecule has 20 heavy (non-hydrogen) atoms. The number of fused-ring (bicyclic) bond motifs is 1. The van der Waals surface area contributed by atoms with Crippen molar-refractivity contribution in [3.8, 4) is 11.8 Å². The van der Waals surface area contributed by atoms with E-state index in [0.717, 1.165) is 11.3 Å². The van der Waals surface area contributed by atoms with E-state index in [2.05, 4.69) is 27.1 Å². The second kappa shape index (κ2) is 5.61. The molecule has 0 aliphatic carbocycles. The van der Waals surface area contributed by atoms with Crippen LogP contribution >= 0.6 is 0 Å². The van der Waals surface area contributed by atoms with Crippen molar-refractivity contribution in [3.05, 3.63) is 30.5 Å². The minimum Gasteiger partial charge on any atom is -0.444 e. The van der Waals surface area contributed by atoms with Crippen molar-refractivity contribution in [2.24, 2.45) is 0 Å². The predicted molar refractivity (Wildman–Crippen MR) is 74.1 cm³/mol. The number of imidazole rings is 1. The summed E-state index contributed by atoms with van der Waals surface area (Å²) < 4.78 is 6.93. The second-order valence-corrected chi connectivity index (χ2v) is 5.11. The lowest BCUT2D eigenvalue weighted by Crippen LogP contribution is -2.32. The Balaban J connectivity index is 1.94. The molecule has 0 saturated carbocycles. The van der Waals surface area contributed by atoms with Crippen LogP contribution in [0.25, 0.3) is 5.65 Å². The van der Waals surface area contributed by atoms with Crippen LogP contribution in [-0.4, -0.2) is 32.6 Å². The normalized spacial score (nSPS) is 10.8. The summed E-state index contributed by atoms with van der Waals surface area (Å²) in [5.74, 6) is 5.79. The number of hydrogen-bond acceptors (Lipinski definition) is 4. The van der Waals surface area contributed by atoms with Gasteiger partial charge in [0, 0.05) is 12.4 Å². The Kier molecular flexibility index (Phi) is 3.89. The maximum Gasteiger partial charge on any atom is 0.408 e. The van der Waals surface area contributed by atoms with Gasteiger partial charge < -0.3 is 10.1 Å². The van der Waals surface area contributed by atoms with Gasteiger partial charge in [0.1, 0.15) is 11.3 Å². The first-order valence-corrected chi connectivity index (χ1v) is 6.18. The number of carbonyl (C=O) groups excluding carboxylic acids is 1. The Morgan fingerprint density at radius 3 is 3.00 bits per heavy atom. The zero-order chi connectivity index (χ0) is 14.6. The van der Waals surface area contributed by atoms with Gasteiger partial charge in [0.05, 0.1) is 18.9 Å². The molecule has 0 radical (unpaired) electrons. The van der Waals surface area contributed by atoms with Crippen LogP contribution in [0, 0.1) is 11.8 Å². The third-order valence-corrected chi connectivity index (χ3v) is 2.25. The summed E-state index contributed by atoms with van der Waals surface area (Å²) in [6, 6.07) is 0. The summed E-state index contributed by atoms with van der Waals surface area (Å²) in [5.41, 5.74) is 0.969. The molecule has 0 spiro atoms. The van der Waals surface area contributed by atoms with Crippen LogP contribution in [0.2, 0.25) is 0 Å². The van der Waals surface area contributed by atoms with E-state index in [1.807, 2.05) is 25.2 Å². The Morgan fingerprint density at radius 1 is 1.45 bits per heavy atom. The molecular weight excluding hydrogens is 256 g/mol. The third kappa shape index (κ3) is 3.72. The first-order chi connectivity index (χ1) is 9.46. The van der Waals surface area contributed by atoms with Gasteiger partial charge in [-0.1, -0.05) is 5.92 Å². The quantitative estimate of drug-likeness (QED) is 0.801. The summed E-state index contributed by atoms with van der Waals surface area (Å²) in [5, 5.41) is 2.57. The van der Waals surface area contributed by atoms with Crippen LogP contribution in [0.1, 0.15) is 26.5 Å². The maximum absolute atomic E-state index is 11.4. The number of nitrogens with one attached hydrogen (secondary N) is 1. The lowest BCUT2D eigenvalue weighted by atomic mass is 10.2. The van der Waals surface area contributed by atoms with Gasteiger partial charge in [0.2, 0.25) is 0 Å². The fraction of sp³-hybridized carbons (Fsp3) is 0.357. The molecule has 2 aromatic heterocycles. The van der Waals surface area contributed by atoms with Crippen molar-refractivity contribution < 1.29 is 9.53 Å². The molecule has 1 amide bonds. The van der Waals surface area contributed by atoms with E-state index in [0.29, 0.717) is 0 Å². The van der Waals surface area contributed by atoms with Crippen LogP contribution < -0.4 is 5.32 Å². The van der Waals surface area contributed by atoms with E-state index in [1.165, 1.54) is 0 Å². The standard InChI is InChI=1S/C14H16N4O2/c1-14(2,3)20-13(19)16-6-4-5-11-9-17-12-10-15-7-8-18(11)12/h7-10H,6H2,1-3H3,(H,16,19). The Hall–Kier alpha value is -2.55. The topological polar surface area (TPSA) is 68.5 Å². The van der Waals surface area contributed by atoms with Gasteiger partial charge in [-0.25, -0.2) is 9.78 Å². The molecule has 0 aromatic carbocycles. The van der Waals surface area contributed by atoms with Crippen LogP contribution in [-0.2, 0) is 4.74 Å². The van der Waals surface area contributed by atoms with E-state index in [9.17, 15) is 4.79 Å². The van der Waals surface area contributed by atoms with E-state index >= 15 is 0 Å². The summed E-state index contributed by atoms with van der Waals surface area (Å²) in [6.07, 6.45) is 6.29. The molecule has 0 aliphatic heterocycles. The Labute approximate surface area is 117 Å². The van der Waals surface area contributed by atoms with Gasteiger partial charge in [0.25, 0.3) is 0 Å². The van der Waals surface area contributed by atoms with Gasteiger partial charge in [-0.15, -0.1) is 0 Å². The van der Waals surface area contributed by atoms with E-state index < -0.39 is 11.7 Å². The summed E-state index contributed by atoms with van der Waals surface area (Å²) >= 11 is 0. The average Bonchev–Trinajstić information content (AvgIpc) is 2.76. The lowest BCUT2D eigenvalue weighted by Gasteiger charge is -2.18. The summed E-state index contributed by atoms with van der Waals surface area (Å²) in [4.78, 5) is 19.5. The minimum absolute atomic E-state index is 0.216. The number of ether oxygens (including phenoxy) is 1. The highest BCUT2D eigenvalue weighted by atomic mass is 16.6. The Bertz CT molecular complexity index is 674. The van der Waals surface area contributed by atoms with Crippen molar-refractivity contribution in [2.75, 3.05) is 6.54 Å². The van der Waals surface area contributed by atoms with Crippen molar-refractivity contribution >= 4 is 11.7 Å². The van der Waals surface area contributed by atoms with Crippen molar-refractivity contribution in [1.82, 2.24) is 19.7 Å². The molecular formula is C14H16N4O2. The average molecular weight is 272 g/mol. The van der Waals surface area contributed by atoms with Crippen LogP contribution in [0.15, 0.2) is 24.8 Å². The van der Waals surface area contributed by atoms with Crippen molar-refractivity contribution in [3.63, 3.8) is 0 Å². The third-order valence-electron chi connectivity index (χ3n) is 2.25. The molecule has 0 unspecified atom stereocenters. The highest BCUT2D eigenvalue weighted by Crippen LogP contribution is 2.06. The number of hydrogen-bond donors (Lipinski definition) is 1. The maximum atomic E-state index is 11.4. The van der Waals surface area contributed by atoms with E-state index in [1.54, 1.807) is 24.8 Å². The molecule has 0 aliphatic rings. The molecule has 0 bridgehead atoms. The number of nitrogens with zero attached hydrogens (tertiary/aromatic N) is 3. The molecule has 2 heterocycles. The molecule has 0 saturated heterocycles. The van der Waals surface area contributed by atoms with Gasteiger partial charge in [-0.3, -0.25) is 9.38 Å². The largest absolute Gasteiger partial charge is 0.444 e. The van der Waals surface area contributed by atoms with Gasteiger partial charge in [-0.2, -0.15) is 0 Å². The SMILES string of the molecule is CC(C)(C)OC(=O)NCC#Cc1cnc2cnccn12. The summed E-state index contributed by atoms with van der Waals surface area (Å²) in [7, 11) is 0. The van der Waals surface area contributed by atoms with Gasteiger partial charge in [-0.05, 0) is 26.7 Å². The molecule has 0 atom stereocenters. The molecule has 104 valence electrons. The molecule has 1 N–H and O–H groups in total. The molecule has 2 rings (SSSR count). The number of carbonyl (C=O) groups is 1. The Morgan fingerprint density at radius 2 is 2.25 bits per heavy atom. The highest BCUT2D eigenvalue weighted by molar-refractivity contribution is 5.68. The van der Waals surface area contributed by atoms with Crippen LogP contribution in [0.5, 0.6) is 0 Å². The molecule has 6 nitrogen and oxygen atoms in total. The summed E-state index contributed by atoms with van der Waals surface area (Å²) in [6.45, 7) is 5.65. The fourth-order valence-corrected chi connectivity index (χ4v) is 1.50. The molecule has 0 fully saturated rings. The highest BCUT2D eigenvalue weighted by Gasteiger charge is 2.14. The zero-order valence-corrected chi connectivity index (χ0v) is 11.7. The van der Waals surface area contributed by atoms with E-state index in [4.69, 9.17) is 4.74 Å². The van der Waals surface area contributed by atoms with Crippen molar-refractivity contribution in [2.45, 2.75) is 26.4 Å². The van der Waals surface area contributed by atoms with Crippen molar-refractivity contribution in [1.29, 1.82) is 0 Å². The van der Waals surface area contributed by atoms with E-state index in [-0.39, 0.29) is 6.54 Å². The number of amides is 1. The number of rotatable bonds is 1. The van der Waals surface area contributed by atoms with Crippen LogP contribution in [0.3, 0.4) is 0 Å². The molecule has 6 heteroatoms. The van der Waals surface area contributed by atoms with Crippen LogP contribution in [0.4, 0.5) is 4.79 Å². The first kappa shape index (κ1) is 13.9. The smallest absolute Gasteiger partial charge is 0.408 e. The first-order valence-electron chi connectivity index (χ1n) is 6.18. The number of aromatic nitrogens is 3. The van der Waals surface area contributed by atoms with Gasteiger partial charge >= 0.3 is 6.09 Å². The minimum atomic E-state index is -0.508. The molecule has 2 aromatic rings. The van der Waals surface area contributed by atoms with Gasteiger partial charge in [0.15, 0.2) is 5.65 Å². The zero-order valence-electron chi connectivity index (χ0n) is 11.7. The number of alkyl carbamates (subject to hydrolysis) is 1. The lowest BCUT2D eigenvalue weighted by molar-refractivity contribution is 0.0535. The fourth-order valence-electron chi connectivity index (χ4n) is 1.50. The monoisotopic (exact) mass is 272 g/mol. The predicted octanol–water partition coefficient (Wildman–Crippen LogP) is 1.61.